The van der Waals surface area contributed by atoms with Gasteiger partial charge in [-0.2, -0.15) is 0 Å². The van der Waals surface area contributed by atoms with E-state index in [9.17, 15) is 0 Å². The summed E-state index contributed by atoms with van der Waals surface area (Å²) in [6, 6.07) is 0. The summed E-state index contributed by atoms with van der Waals surface area (Å²) in [7, 11) is 0. The van der Waals surface area contributed by atoms with Crippen LogP contribution in [0.4, 0.5) is 0 Å². The first kappa shape index (κ1) is 10.1. The smallest absolute Gasteiger partial charge is 0.0438 e. The first-order chi connectivity index (χ1) is 5.68. The van der Waals surface area contributed by atoms with Crippen molar-refractivity contribution in [3.63, 3.8) is 0 Å². The Balaban J connectivity index is 2.37. The van der Waals surface area contributed by atoms with Gasteiger partial charge in [-0.25, -0.2) is 0 Å². The Morgan fingerprint density at radius 2 is 1.08 bits per heavy atom. The zero-order valence-corrected chi connectivity index (χ0v) is 8.97. The molecular weight excluding hydrogens is 144 g/mol. The molecule has 12 heavy (non-hydrogen) atoms. The van der Waals surface area contributed by atoms with Crippen molar-refractivity contribution >= 4 is 0 Å². The molecular formula is C12H24. The Hall–Kier alpha value is 0. The van der Waals surface area contributed by atoms with E-state index in [1.807, 2.05) is 0 Å². The van der Waals surface area contributed by atoms with Crippen LogP contribution >= 0.6 is 0 Å². The van der Waals surface area contributed by atoms with E-state index in [4.69, 9.17) is 0 Å². The maximum atomic E-state index is 2.43. The quantitative estimate of drug-likeness (QED) is 0.507. The normalized spacial score (nSPS) is 39.8. The first-order valence-corrected chi connectivity index (χ1v) is 5.68. The van der Waals surface area contributed by atoms with Crippen LogP contribution < -0.4 is 0 Å². The number of rotatable bonds is 0. The van der Waals surface area contributed by atoms with E-state index in [2.05, 4.69) is 20.8 Å². The third-order valence-corrected chi connectivity index (χ3v) is 3.25. The molecule has 2 unspecified atom stereocenters. The topological polar surface area (TPSA) is 0 Å². The second kappa shape index (κ2) is 4.89. The van der Waals surface area contributed by atoms with Crippen molar-refractivity contribution in [3.05, 3.63) is 0 Å². The zero-order chi connectivity index (χ0) is 8.97. The molecule has 0 aromatic carbocycles. The third-order valence-electron chi connectivity index (χ3n) is 3.25. The molecule has 72 valence electrons. The predicted molar refractivity (Wildman–Crippen MR) is 55.2 cm³/mol. The fourth-order valence-corrected chi connectivity index (χ4v) is 2.69. The maximum absolute atomic E-state index is 2.43. The minimum atomic E-state index is 0.966. The van der Waals surface area contributed by atoms with Gasteiger partial charge in [0.2, 0.25) is 0 Å². The second-order valence-corrected chi connectivity index (χ2v) is 5.07. The minimum Gasteiger partial charge on any atom is -0.0625 e. The van der Waals surface area contributed by atoms with Crippen molar-refractivity contribution in [2.75, 3.05) is 0 Å². The van der Waals surface area contributed by atoms with Crippen molar-refractivity contribution in [2.45, 2.75) is 59.3 Å². The van der Waals surface area contributed by atoms with Gasteiger partial charge >= 0.3 is 0 Å². The highest BCUT2D eigenvalue weighted by Gasteiger charge is 2.14. The molecule has 0 aromatic rings. The lowest BCUT2D eigenvalue weighted by atomic mass is 9.89. The Kier molecular flexibility index (Phi) is 4.11. The maximum Gasteiger partial charge on any atom is -0.0438 e. The first-order valence-electron chi connectivity index (χ1n) is 5.68. The van der Waals surface area contributed by atoms with Crippen LogP contribution in [-0.4, -0.2) is 0 Å². The lowest BCUT2D eigenvalue weighted by Crippen LogP contribution is -2.05. The molecule has 0 amide bonds. The van der Waals surface area contributed by atoms with Gasteiger partial charge in [-0.05, 0) is 30.6 Å². The van der Waals surface area contributed by atoms with E-state index < -0.39 is 0 Å². The summed E-state index contributed by atoms with van der Waals surface area (Å²) in [6.07, 6.45) is 8.80. The Bertz CT molecular complexity index is 103. The van der Waals surface area contributed by atoms with Gasteiger partial charge < -0.3 is 0 Å². The molecule has 0 nitrogen and oxygen atoms in total. The largest absolute Gasteiger partial charge is 0.0625 e. The third kappa shape index (κ3) is 3.60. The van der Waals surface area contributed by atoms with Gasteiger partial charge in [0, 0.05) is 0 Å². The molecule has 1 aliphatic carbocycles. The van der Waals surface area contributed by atoms with Crippen LogP contribution in [0.1, 0.15) is 59.3 Å². The van der Waals surface area contributed by atoms with Crippen molar-refractivity contribution < 1.29 is 0 Å². The molecule has 0 radical (unpaired) electrons. The van der Waals surface area contributed by atoms with E-state index in [0.717, 1.165) is 17.8 Å². The molecule has 0 heterocycles. The molecule has 0 aliphatic heterocycles. The molecule has 2 atom stereocenters. The van der Waals surface area contributed by atoms with Crippen LogP contribution in [0.25, 0.3) is 0 Å². The Labute approximate surface area is 77.7 Å². The van der Waals surface area contributed by atoms with Crippen molar-refractivity contribution in [3.8, 4) is 0 Å². The van der Waals surface area contributed by atoms with Crippen LogP contribution in [0.5, 0.6) is 0 Å². The van der Waals surface area contributed by atoms with E-state index in [1.165, 1.54) is 38.5 Å². The van der Waals surface area contributed by atoms with Crippen LogP contribution in [0.3, 0.4) is 0 Å². The Morgan fingerprint density at radius 1 is 0.667 bits per heavy atom. The lowest BCUT2D eigenvalue weighted by molar-refractivity contribution is 0.347. The zero-order valence-electron chi connectivity index (χ0n) is 8.97. The monoisotopic (exact) mass is 168 g/mol. The average Bonchev–Trinajstić information content (AvgIpc) is 2.01. The summed E-state index contributed by atoms with van der Waals surface area (Å²) in [5, 5.41) is 0. The van der Waals surface area contributed by atoms with E-state index in [0.29, 0.717) is 0 Å². The van der Waals surface area contributed by atoms with Crippen LogP contribution in [0.2, 0.25) is 0 Å². The van der Waals surface area contributed by atoms with Crippen LogP contribution in [-0.2, 0) is 0 Å². The molecule has 1 saturated carbocycles. The van der Waals surface area contributed by atoms with Crippen LogP contribution in [0.15, 0.2) is 0 Å². The fourth-order valence-electron chi connectivity index (χ4n) is 2.69. The van der Waals surface area contributed by atoms with Gasteiger partial charge in [0.1, 0.15) is 0 Å². The van der Waals surface area contributed by atoms with Crippen molar-refractivity contribution in [2.24, 2.45) is 17.8 Å². The van der Waals surface area contributed by atoms with E-state index in [-0.39, 0.29) is 0 Å². The molecule has 0 heteroatoms. The highest BCUT2D eigenvalue weighted by atomic mass is 14.2. The molecule has 1 rings (SSSR count). The van der Waals surface area contributed by atoms with Gasteiger partial charge in [-0.15, -0.1) is 0 Å². The highest BCUT2D eigenvalue weighted by Crippen LogP contribution is 2.28. The SMILES string of the molecule is CC1CCCCC(C)CC(C)C1. The molecule has 1 fully saturated rings. The molecule has 0 spiro atoms. The molecule has 1 aliphatic rings. The summed E-state index contributed by atoms with van der Waals surface area (Å²) in [5.74, 6) is 2.92. The fraction of sp³-hybridized carbons (Fsp3) is 1.00. The molecule has 0 saturated heterocycles. The summed E-state index contributed by atoms with van der Waals surface area (Å²) in [6.45, 7) is 7.28. The summed E-state index contributed by atoms with van der Waals surface area (Å²) in [4.78, 5) is 0. The van der Waals surface area contributed by atoms with Gasteiger partial charge in [0.05, 0.1) is 0 Å². The standard InChI is InChI=1S/C12H24/c1-10-6-4-5-7-11(2)9-12(3)8-10/h10-12H,4-9H2,1-3H3. The number of hydrogen-bond donors (Lipinski definition) is 0. The second-order valence-electron chi connectivity index (χ2n) is 5.07. The van der Waals surface area contributed by atoms with Gasteiger partial charge in [-0.3, -0.25) is 0 Å². The average molecular weight is 168 g/mol. The van der Waals surface area contributed by atoms with E-state index in [1.54, 1.807) is 0 Å². The van der Waals surface area contributed by atoms with Crippen molar-refractivity contribution in [1.82, 2.24) is 0 Å². The molecule has 0 aromatic heterocycles. The van der Waals surface area contributed by atoms with Gasteiger partial charge in [0.15, 0.2) is 0 Å². The lowest BCUT2D eigenvalue weighted by Gasteiger charge is -2.17. The number of hydrogen-bond acceptors (Lipinski definition) is 0. The van der Waals surface area contributed by atoms with Crippen LogP contribution in [0, 0.1) is 17.8 Å². The summed E-state index contributed by atoms with van der Waals surface area (Å²) >= 11 is 0. The van der Waals surface area contributed by atoms with E-state index >= 15 is 0 Å². The molecule has 0 bridgehead atoms. The highest BCUT2D eigenvalue weighted by molar-refractivity contribution is 4.66. The Morgan fingerprint density at radius 3 is 1.50 bits per heavy atom. The van der Waals surface area contributed by atoms with Crippen molar-refractivity contribution in [1.29, 1.82) is 0 Å². The summed E-state index contributed by atoms with van der Waals surface area (Å²) < 4.78 is 0. The summed E-state index contributed by atoms with van der Waals surface area (Å²) in [5.41, 5.74) is 0. The van der Waals surface area contributed by atoms with Gasteiger partial charge in [-0.1, -0.05) is 46.5 Å². The predicted octanol–water partition coefficient (Wildman–Crippen LogP) is 4.25. The van der Waals surface area contributed by atoms with Gasteiger partial charge in [0.25, 0.3) is 0 Å². The molecule has 0 N–H and O–H groups in total. The minimum absolute atomic E-state index is 0.966.